The first-order valence-electron chi connectivity index (χ1n) is 5.13. The molecule has 0 amide bonds. The molecule has 14 heavy (non-hydrogen) atoms. The van der Waals surface area contributed by atoms with Crippen LogP contribution in [0.5, 0.6) is 0 Å². The summed E-state index contributed by atoms with van der Waals surface area (Å²) in [7, 11) is 0. The summed E-state index contributed by atoms with van der Waals surface area (Å²) >= 11 is 0. The van der Waals surface area contributed by atoms with Crippen LogP contribution in [0.4, 0.5) is 0 Å². The summed E-state index contributed by atoms with van der Waals surface area (Å²) in [6, 6.07) is 0.398. The fourth-order valence-electron chi connectivity index (χ4n) is 1.82. The SMILES string of the molecule is Cc1nocc1CN1CCC(N)CC1. The molecule has 0 radical (unpaired) electrons. The van der Waals surface area contributed by atoms with E-state index in [9.17, 15) is 0 Å². The molecule has 4 nitrogen and oxygen atoms in total. The van der Waals surface area contributed by atoms with E-state index < -0.39 is 0 Å². The molecule has 1 fully saturated rings. The van der Waals surface area contributed by atoms with E-state index in [0.717, 1.165) is 38.2 Å². The van der Waals surface area contributed by atoms with Crippen LogP contribution < -0.4 is 5.73 Å². The molecule has 0 bridgehead atoms. The molecule has 1 aliphatic heterocycles. The van der Waals surface area contributed by atoms with E-state index in [1.165, 1.54) is 5.56 Å². The number of nitrogens with zero attached hydrogens (tertiary/aromatic N) is 2. The Bertz CT molecular complexity index is 289. The van der Waals surface area contributed by atoms with Crippen LogP contribution >= 0.6 is 0 Å². The van der Waals surface area contributed by atoms with Crippen LogP contribution in [0.25, 0.3) is 0 Å². The first-order valence-corrected chi connectivity index (χ1v) is 5.13. The summed E-state index contributed by atoms with van der Waals surface area (Å²) in [6.07, 6.45) is 3.94. The van der Waals surface area contributed by atoms with Gasteiger partial charge in [0.15, 0.2) is 0 Å². The molecule has 1 aliphatic rings. The smallest absolute Gasteiger partial charge is 0.128 e. The van der Waals surface area contributed by atoms with Crippen LogP contribution in [0.1, 0.15) is 24.1 Å². The molecular formula is C10H17N3O. The molecule has 2 N–H and O–H groups in total. The normalized spacial score (nSPS) is 20.1. The lowest BCUT2D eigenvalue weighted by molar-refractivity contribution is 0.205. The molecule has 0 aromatic carbocycles. The summed E-state index contributed by atoms with van der Waals surface area (Å²) in [5.74, 6) is 0. The molecule has 1 saturated heterocycles. The number of piperidine rings is 1. The van der Waals surface area contributed by atoms with E-state index in [1.807, 2.05) is 6.92 Å². The zero-order chi connectivity index (χ0) is 9.97. The standard InChI is InChI=1S/C10H17N3O/c1-8-9(7-14-12-8)6-13-4-2-10(11)3-5-13/h7,10H,2-6,11H2,1H3. The van der Waals surface area contributed by atoms with Crippen LogP contribution in [0.15, 0.2) is 10.8 Å². The summed E-state index contributed by atoms with van der Waals surface area (Å²) in [6.45, 7) is 5.11. The van der Waals surface area contributed by atoms with Crippen molar-refractivity contribution in [1.82, 2.24) is 10.1 Å². The Morgan fingerprint density at radius 3 is 2.86 bits per heavy atom. The second-order valence-electron chi connectivity index (χ2n) is 4.04. The zero-order valence-electron chi connectivity index (χ0n) is 8.57. The Morgan fingerprint density at radius 1 is 1.57 bits per heavy atom. The van der Waals surface area contributed by atoms with Gasteiger partial charge >= 0.3 is 0 Å². The van der Waals surface area contributed by atoms with Crippen LogP contribution in [-0.4, -0.2) is 29.2 Å². The molecule has 0 unspecified atom stereocenters. The molecule has 0 spiro atoms. The maximum absolute atomic E-state index is 5.84. The molecule has 0 aliphatic carbocycles. The molecule has 2 rings (SSSR count). The third kappa shape index (κ3) is 2.13. The average molecular weight is 195 g/mol. The molecule has 2 heterocycles. The molecule has 4 heteroatoms. The summed E-state index contributed by atoms with van der Waals surface area (Å²) in [4.78, 5) is 2.41. The van der Waals surface area contributed by atoms with Crippen molar-refractivity contribution in [3.63, 3.8) is 0 Å². The Labute approximate surface area is 84.0 Å². The summed E-state index contributed by atoms with van der Waals surface area (Å²) in [5.41, 5.74) is 8.04. The Hall–Kier alpha value is -0.870. The molecule has 0 saturated carbocycles. The highest BCUT2D eigenvalue weighted by Crippen LogP contribution is 2.14. The van der Waals surface area contributed by atoms with Gasteiger partial charge in [0, 0.05) is 18.2 Å². The molecule has 0 atom stereocenters. The second kappa shape index (κ2) is 4.11. The van der Waals surface area contributed by atoms with Crippen molar-refractivity contribution in [3.05, 3.63) is 17.5 Å². The lowest BCUT2D eigenvalue weighted by Gasteiger charge is -2.29. The molecular weight excluding hydrogens is 178 g/mol. The lowest BCUT2D eigenvalue weighted by atomic mass is 10.1. The van der Waals surface area contributed by atoms with Crippen molar-refractivity contribution in [2.24, 2.45) is 5.73 Å². The first-order chi connectivity index (χ1) is 6.75. The number of nitrogens with two attached hydrogens (primary N) is 1. The third-order valence-electron chi connectivity index (χ3n) is 2.88. The van der Waals surface area contributed by atoms with Gasteiger partial charge in [-0.3, -0.25) is 4.90 Å². The maximum Gasteiger partial charge on any atom is 0.128 e. The van der Waals surface area contributed by atoms with Crippen molar-refractivity contribution >= 4 is 0 Å². The number of aryl methyl sites for hydroxylation is 1. The van der Waals surface area contributed by atoms with E-state index in [2.05, 4.69) is 10.1 Å². The van der Waals surface area contributed by atoms with Gasteiger partial charge < -0.3 is 10.3 Å². The predicted molar refractivity (Wildman–Crippen MR) is 53.7 cm³/mol. The number of aromatic nitrogens is 1. The van der Waals surface area contributed by atoms with Crippen LogP contribution in [0.3, 0.4) is 0 Å². The van der Waals surface area contributed by atoms with Gasteiger partial charge in [0.2, 0.25) is 0 Å². The quantitative estimate of drug-likeness (QED) is 0.762. The lowest BCUT2D eigenvalue weighted by Crippen LogP contribution is -2.39. The zero-order valence-corrected chi connectivity index (χ0v) is 8.57. The van der Waals surface area contributed by atoms with Gasteiger partial charge in [0.25, 0.3) is 0 Å². The number of rotatable bonds is 2. The number of likely N-dealkylation sites (tertiary alicyclic amines) is 1. The Kier molecular flexibility index (Phi) is 2.84. The maximum atomic E-state index is 5.84. The number of hydrogen-bond acceptors (Lipinski definition) is 4. The monoisotopic (exact) mass is 195 g/mol. The van der Waals surface area contributed by atoms with E-state index in [0.29, 0.717) is 6.04 Å². The van der Waals surface area contributed by atoms with Gasteiger partial charge in [0.05, 0.1) is 5.69 Å². The first kappa shape index (κ1) is 9.68. The van der Waals surface area contributed by atoms with Crippen molar-refractivity contribution in [3.8, 4) is 0 Å². The van der Waals surface area contributed by atoms with Gasteiger partial charge in [-0.2, -0.15) is 0 Å². The summed E-state index contributed by atoms with van der Waals surface area (Å²) in [5, 5.41) is 3.87. The topological polar surface area (TPSA) is 55.3 Å². The van der Waals surface area contributed by atoms with E-state index in [1.54, 1.807) is 6.26 Å². The minimum absolute atomic E-state index is 0.398. The van der Waals surface area contributed by atoms with Crippen LogP contribution in [0.2, 0.25) is 0 Å². The van der Waals surface area contributed by atoms with Gasteiger partial charge in [-0.1, -0.05) is 5.16 Å². The van der Waals surface area contributed by atoms with Gasteiger partial charge in [-0.05, 0) is 32.9 Å². The molecule has 1 aromatic heterocycles. The van der Waals surface area contributed by atoms with Crippen molar-refractivity contribution in [2.45, 2.75) is 32.4 Å². The Morgan fingerprint density at radius 2 is 2.29 bits per heavy atom. The number of hydrogen-bond donors (Lipinski definition) is 1. The highest BCUT2D eigenvalue weighted by molar-refractivity contribution is 5.12. The average Bonchev–Trinajstić information content (AvgIpc) is 2.56. The minimum Gasteiger partial charge on any atom is -0.364 e. The second-order valence-corrected chi connectivity index (χ2v) is 4.04. The minimum atomic E-state index is 0.398. The van der Waals surface area contributed by atoms with Crippen LogP contribution in [0, 0.1) is 6.92 Å². The predicted octanol–water partition coefficient (Wildman–Crippen LogP) is 0.906. The summed E-state index contributed by atoms with van der Waals surface area (Å²) < 4.78 is 4.91. The van der Waals surface area contributed by atoms with Crippen molar-refractivity contribution in [2.75, 3.05) is 13.1 Å². The fourth-order valence-corrected chi connectivity index (χ4v) is 1.82. The van der Waals surface area contributed by atoms with Crippen molar-refractivity contribution < 1.29 is 4.52 Å². The third-order valence-corrected chi connectivity index (χ3v) is 2.88. The van der Waals surface area contributed by atoms with Crippen molar-refractivity contribution in [1.29, 1.82) is 0 Å². The largest absolute Gasteiger partial charge is 0.364 e. The molecule has 1 aromatic rings. The molecule has 78 valence electrons. The Balaban J connectivity index is 1.89. The highest BCUT2D eigenvalue weighted by Gasteiger charge is 2.17. The van der Waals surface area contributed by atoms with Gasteiger partial charge in [-0.15, -0.1) is 0 Å². The van der Waals surface area contributed by atoms with E-state index in [4.69, 9.17) is 10.3 Å². The fraction of sp³-hybridized carbons (Fsp3) is 0.700. The highest BCUT2D eigenvalue weighted by atomic mass is 16.5. The van der Waals surface area contributed by atoms with E-state index >= 15 is 0 Å². The van der Waals surface area contributed by atoms with Gasteiger partial charge in [0.1, 0.15) is 6.26 Å². The van der Waals surface area contributed by atoms with Gasteiger partial charge in [-0.25, -0.2) is 0 Å². The van der Waals surface area contributed by atoms with Crippen LogP contribution in [-0.2, 0) is 6.54 Å². The van der Waals surface area contributed by atoms with E-state index in [-0.39, 0.29) is 0 Å².